The summed E-state index contributed by atoms with van der Waals surface area (Å²) < 4.78 is 10.7. The molecule has 1 aromatic carbocycles. The van der Waals surface area contributed by atoms with Crippen molar-refractivity contribution in [2.45, 2.75) is 19.1 Å². The van der Waals surface area contributed by atoms with Gasteiger partial charge in [0.2, 0.25) is 0 Å². The van der Waals surface area contributed by atoms with Crippen molar-refractivity contribution in [3.05, 3.63) is 57.1 Å². The van der Waals surface area contributed by atoms with Crippen LogP contribution in [0, 0.1) is 0 Å². The van der Waals surface area contributed by atoms with Crippen LogP contribution in [0.15, 0.2) is 40.9 Å². The quantitative estimate of drug-likeness (QED) is 0.401. The summed E-state index contributed by atoms with van der Waals surface area (Å²) in [4.78, 5) is 13.6. The highest BCUT2D eigenvalue weighted by molar-refractivity contribution is 6.33. The maximum Gasteiger partial charge on any atom is 0.339 e. The standard InChI is InChI=1S/C17H22Cl2N4O3/c1-9-7-23(13(16(21)22)6-15(19)20)8-14(26-9)10-3-4-11(12(18)5-10)17(24)25-2/h3-6,9,14H,7-8,20-22H2,1-2H3/b15-6-. The Kier molecular flexibility index (Phi) is 6.63. The zero-order chi connectivity index (χ0) is 19.4. The molecule has 2 rings (SSSR count). The number of rotatable bonds is 4. The molecule has 0 amide bonds. The Morgan fingerprint density at radius 3 is 2.58 bits per heavy atom. The molecule has 6 N–H and O–H groups in total. The number of esters is 1. The third-order valence-electron chi connectivity index (χ3n) is 3.94. The maximum absolute atomic E-state index is 11.7. The maximum atomic E-state index is 11.7. The first-order valence-electron chi connectivity index (χ1n) is 7.89. The summed E-state index contributed by atoms with van der Waals surface area (Å²) in [5, 5.41) is 0.372. The van der Waals surface area contributed by atoms with E-state index in [0.29, 0.717) is 29.4 Å². The zero-order valence-electron chi connectivity index (χ0n) is 14.5. The van der Waals surface area contributed by atoms with Gasteiger partial charge in [-0.05, 0) is 30.7 Å². The second kappa shape index (κ2) is 8.53. The molecule has 0 spiro atoms. The lowest BCUT2D eigenvalue weighted by Crippen LogP contribution is -2.43. The fourth-order valence-electron chi connectivity index (χ4n) is 2.83. The molecular formula is C17H22Cl2N4O3. The summed E-state index contributed by atoms with van der Waals surface area (Å²) in [6, 6.07) is 5.08. The predicted octanol–water partition coefficient (Wildman–Crippen LogP) is 2.01. The van der Waals surface area contributed by atoms with Crippen molar-refractivity contribution in [3.8, 4) is 0 Å². The Labute approximate surface area is 162 Å². The van der Waals surface area contributed by atoms with Gasteiger partial charge >= 0.3 is 5.97 Å². The van der Waals surface area contributed by atoms with E-state index in [1.807, 2.05) is 11.8 Å². The van der Waals surface area contributed by atoms with Crippen molar-refractivity contribution in [1.82, 2.24) is 4.90 Å². The molecule has 1 aliphatic rings. The van der Waals surface area contributed by atoms with Crippen molar-refractivity contribution >= 4 is 29.2 Å². The average Bonchev–Trinajstić information content (AvgIpc) is 2.58. The number of hydrogen-bond acceptors (Lipinski definition) is 7. The molecule has 2 atom stereocenters. The van der Waals surface area contributed by atoms with Gasteiger partial charge in [-0.25, -0.2) is 4.79 Å². The highest BCUT2D eigenvalue weighted by atomic mass is 35.5. The van der Waals surface area contributed by atoms with E-state index in [4.69, 9.17) is 49.9 Å². The van der Waals surface area contributed by atoms with Crippen LogP contribution in [0.3, 0.4) is 0 Å². The van der Waals surface area contributed by atoms with Crippen LogP contribution < -0.4 is 17.2 Å². The van der Waals surface area contributed by atoms with Gasteiger partial charge in [0.1, 0.15) is 17.1 Å². The number of nitrogens with two attached hydrogens (primary N) is 3. The predicted molar refractivity (Wildman–Crippen MR) is 101 cm³/mol. The molecule has 0 bridgehead atoms. The molecule has 1 aromatic rings. The van der Waals surface area contributed by atoms with Gasteiger partial charge in [-0.3, -0.25) is 0 Å². The molecule has 1 heterocycles. The van der Waals surface area contributed by atoms with E-state index in [2.05, 4.69) is 0 Å². The van der Waals surface area contributed by atoms with E-state index in [1.54, 1.807) is 18.2 Å². The number of carbonyl (C=O) groups excluding carboxylic acids is 1. The van der Waals surface area contributed by atoms with Gasteiger partial charge in [0.25, 0.3) is 0 Å². The van der Waals surface area contributed by atoms with Gasteiger partial charge < -0.3 is 31.6 Å². The van der Waals surface area contributed by atoms with Crippen molar-refractivity contribution in [2.75, 3.05) is 20.2 Å². The lowest BCUT2D eigenvalue weighted by molar-refractivity contribution is -0.0683. The van der Waals surface area contributed by atoms with E-state index in [9.17, 15) is 4.79 Å². The Morgan fingerprint density at radius 1 is 1.35 bits per heavy atom. The van der Waals surface area contributed by atoms with Crippen molar-refractivity contribution in [1.29, 1.82) is 0 Å². The molecule has 9 heteroatoms. The molecule has 0 aliphatic carbocycles. The smallest absolute Gasteiger partial charge is 0.339 e. The van der Waals surface area contributed by atoms with Gasteiger partial charge in [-0.2, -0.15) is 0 Å². The van der Waals surface area contributed by atoms with E-state index < -0.39 is 5.97 Å². The number of carbonyl (C=O) groups is 1. The van der Waals surface area contributed by atoms with Gasteiger partial charge in [0.05, 0.1) is 29.5 Å². The number of ether oxygens (including phenoxy) is 2. The Hall–Kier alpha value is -2.09. The number of morpholine rings is 1. The minimum atomic E-state index is -0.495. The van der Waals surface area contributed by atoms with E-state index in [-0.39, 0.29) is 23.2 Å². The number of allylic oxidation sites excluding steroid dienone is 1. The van der Waals surface area contributed by atoms with Crippen LogP contribution in [0.25, 0.3) is 0 Å². The van der Waals surface area contributed by atoms with Crippen molar-refractivity contribution in [2.24, 2.45) is 17.2 Å². The Balaban J connectivity index is 2.31. The minimum Gasteiger partial charge on any atom is -0.465 e. The Bertz CT molecular complexity index is 744. The van der Waals surface area contributed by atoms with Crippen LogP contribution in [-0.4, -0.2) is 37.2 Å². The van der Waals surface area contributed by atoms with Gasteiger partial charge in [0, 0.05) is 13.1 Å². The molecule has 7 nitrogen and oxygen atoms in total. The topological polar surface area (TPSA) is 117 Å². The normalized spacial score (nSPS) is 20.6. The van der Waals surface area contributed by atoms with Crippen LogP contribution >= 0.6 is 23.2 Å². The first-order chi connectivity index (χ1) is 12.2. The largest absolute Gasteiger partial charge is 0.465 e. The third kappa shape index (κ3) is 4.75. The number of benzene rings is 1. The summed E-state index contributed by atoms with van der Waals surface area (Å²) in [7, 11) is 1.30. The number of hydrogen-bond donors (Lipinski definition) is 3. The summed E-state index contributed by atoms with van der Waals surface area (Å²) in [6.45, 7) is 2.96. The molecule has 2 unspecified atom stereocenters. The average molecular weight is 401 g/mol. The van der Waals surface area contributed by atoms with Crippen LogP contribution in [-0.2, 0) is 9.47 Å². The first-order valence-corrected chi connectivity index (χ1v) is 8.64. The van der Waals surface area contributed by atoms with Crippen molar-refractivity contribution < 1.29 is 14.3 Å². The number of nitrogens with zero attached hydrogens (tertiary/aromatic N) is 1. The van der Waals surface area contributed by atoms with E-state index in [0.717, 1.165) is 5.56 Å². The van der Waals surface area contributed by atoms with Gasteiger partial charge in [-0.1, -0.05) is 29.3 Å². The second-order valence-electron chi connectivity index (χ2n) is 5.94. The lowest BCUT2D eigenvalue weighted by Gasteiger charge is -2.39. The molecular weight excluding hydrogens is 379 g/mol. The first kappa shape index (κ1) is 20.2. The van der Waals surface area contributed by atoms with E-state index in [1.165, 1.54) is 13.2 Å². The Morgan fingerprint density at radius 2 is 2.04 bits per heavy atom. The van der Waals surface area contributed by atoms with Crippen LogP contribution in [0.5, 0.6) is 0 Å². The molecule has 0 radical (unpaired) electrons. The fourth-order valence-corrected chi connectivity index (χ4v) is 3.20. The number of methoxy groups -OCH3 is 1. The monoisotopic (exact) mass is 400 g/mol. The third-order valence-corrected chi connectivity index (χ3v) is 4.36. The zero-order valence-corrected chi connectivity index (χ0v) is 16.1. The van der Waals surface area contributed by atoms with Crippen molar-refractivity contribution in [3.63, 3.8) is 0 Å². The number of halogens is 2. The summed E-state index contributed by atoms with van der Waals surface area (Å²) in [5.74, 6) is -0.384. The fraction of sp³-hybridized carbons (Fsp3) is 0.353. The SMILES string of the molecule is COC(=O)c1ccc(C2CN(C(/C=C(\N)Cl)=C(N)N)CC(C)O2)cc1Cl. The summed E-state index contributed by atoms with van der Waals surface area (Å²) in [6.07, 6.45) is 1.11. The highest BCUT2D eigenvalue weighted by Crippen LogP contribution is 2.30. The molecule has 1 saturated heterocycles. The molecule has 26 heavy (non-hydrogen) atoms. The van der Waals surface area contributed by atoms with Crippen LogP contribution in [0.4, 0.5) is 0 Å². The highest BCUT2D eigenvalue weighted by Gasteiger charge is 2.29. The molecule has 142 valence electrons. The van der Waals surface area contributed by atoms with Crippen LogP contribution in [0.1, 0.15) is 28.9 Å². The van der Waals surface area contributed by atoms with Gasteiger partial charge in [0.15, 0.2) is 0 Å². The second-order valence-corrected chi connectivity index (χ2v) is 6.78. The van der Waals surface area contributed by atoms with E-state index >= 15 is 0 Å². The van der Waals surface area contributed by atoms with Gasteiger partial charge in [-0.15, -0.1) is 0 Å². The molecule has 0 aromatic heterocycles. The summed E-state index contributed by atoms with van der Waals surface area (Å²) >= 11 is 12.0. The minimum absolute atomic E-state index is 0.0783. The summed E-state index contributed by atoms with van der Waals surface area (Å²) in [5.41, 5.74) is 18.8. The lowest BCUT2D eigenvalue weighted by atomic mass is 10.0. The molecule has 1 fully saturated rings. The molecule has 0 saturated carbocycles. The van der Waals surface area contributed by atoms with Crippen LogP contribution in [0.2, 0.25) is 5.02 Å². The molecule has 1 aliphatic heterocycles.